The highest BCUT2D eigenvalue weighted by Gasteiger charge is 2.26. The first kappa shape index (κ1) is 15.0. The number of aromatic nitrogens is 2. The van der Waals surface area contributed by atoms with Crippen LogP contribution in [-0.2, 0) is 17.8 Å². The summed E-state index contributed by atoms with van der Waals surface area (Å²) in [5, 5.41) is 11.3. The zero-order valence-corrected chi connectivity index (χ0v) is 14.0. The number of nitrogens with zero attached hydrogens (tertiary/aromatic N) is 1. The number of nitrogens with one attached hydrogen (secondary N) is 2. The predicted molar refractivity (Wildman–Crippen MR) is 91.8 cm³/mol. The van der Waals surface area contributed by atoms with Crippen molar-refractivity contribution in [2.45, 2.75) is 45.6 Å². The first-order chi connectivity index (χ1) is 11.6. The smallest absolute Gasteiger partial charge is 0.224 e. The Kier molecular flexibility index (Phi) is 3.63. The summed E-state index contributed by atoms with van der Waals surface area (Å²) in [4.78, 5) is 12.2. The van der Waals surface area contributed by atoms with Crippen LogP contribution in [0.15, 0.2) is 28.9 Å². The van der Waals surface area contributed by atoms with Gasteiger partial charge in [-0.25, -0.2) is 0 Å². The van der Waals surface area contributed by atoms with Gasteiger partial charge in [0.2, 0.25) is 5.91 Å². The molecular weight excluding hydrogens is 302 g/mol. The average Bonchev–Trinajstić information content (AvgIpc) is 3.19. The number of hydrogen-bond donors (Lipinski definition) is 2. The van der Waals surface area contributed by atoms with E-state index in [1.54, 1.807) is 6.26 Å². The quantitative estimate of drug-likeness (QED) is 0.755. The van der Waals surface area contributed by atoms with E-state index < -0.39 is 0 Å². The van der Waals surface area contributed by atoms with Gasteiger partial charge in [0.25, 0.3) is 0 Å². The van der Waals surface area contributed by atoms with Gasteiger partial charge in [0.15, 0.2) is 0 Å². The molecule has 0 radical (unpaired) electrons. The van der Waals surface area contributed by atoms with Crippen molar-refractivity contribution in [3.05, 3.63) is 52.5 Å². The van der Waals surface area contributed by atoms with Crippen molar-refractivity contribution in [1.82, 2.24) is 15.5 Å². The number of furan rings is 1. The second-order valence-corrected chi connectivity index (χ2v) is 6.74. The van der Waals surface area contributed by atoms with Gasteiger partial charge >= 0.3 is 0 Å². The first-order valence-electron chi connectivity index (χ1n) is 8.38. The van der Waals surface area contributed by atoms with Gasteiger partial charge in [-0.3, -0.25) is 9.89 Å². The molecule has 3 aromatic rings. The summed E-state index contributed by atoms with van der Waals surface area (Å²) in [6.45, 7) is 4.61. The van der Waals surface area contributed by atoms with Crippen LogP contribution in [-0.4, -0.2) is 16.1 Å². The SMILES string of the molecule is Cc1cc2occ(CC(=O)NCc3cc(C4CC4)n[nH]3)c2cc1C. The number of carbonyl (C=O) groups excluding carboxylic acids is 1. The Balaban J connectivity index is 1.41. The van der Waals surface area contributed by atoms with Crippen LogP contribution < -0.4 is 5.32 Å². The fourth-order valence-electron chi connectivity index (χ4n) is 2.96. The molecule has 2 N–H and O–H groups in total. The summed E-state index contributed by atoms with van der Waals surface area (Å²) in [6.07, 6.45) is 4.45. The van der Waals surface area contributed by atoms with Crippen LogP contribution in [0.5, 0.6) is 0 Å². The highest BCUT2D eigenvalue weighted by Crippen LogP contribution is 2.38. The van der Waals surface area contributed by atoms with Gasteiger partial charge in [-0.2, -0.15) is 5.10 Å². The summed E-state index contributed by atoms with van der Waals surface area (Å²) < 4.78 is 5.59. The minimum Gasteiger partial charge on any atom is -0.464 e. The largest absolute Gasteiger partial charge is 0.464 e. The first-order valence-corrected chi connectivity index (χ1v) is 8.38. The molecule has 24 heavy (non-hydrogen) atoms. The van der Waals surface area contributed by atoms with Crippen LogP contribution in [0.4, 0.5) is 0 Å². The van der Waals surface area contributed by atoms with E-state index in [1.807, 2.05) is 6.07 Å². The Bertz CT molecular complexity index is 903. The molecular formula is C19H21N3O2. The molecule has 0 saturated heterocycles. The number of benzene rings is 1. The van der Waals surface area contributed by atoms with Crippen molar-refractivity contribution >= 4 is 16.9 Å². The van der Waals surface area contributed by atoms with E-state index in [0.717, 1.165) is 27.9 Å². The monoisotopic (exact) mass is 323 g/mol. The molecule has 5 heteroatoms. The van der Waals surface area contributed by atoms with Crippen molar-refractivity contribution in [1.29, 1.82) is 0 Å². The van der Waals surface area contributed by atoms with Crippen LogP contribution in [0, 0.1) is 13.8 Å². The molecule has 1 fully saturated rings. The molecule has 1 aliphatic carbocycles. The van der Waals surface area contributed by atoms with Gasteiger partial charge in [-0.05, 0) is 56.0 Å². The number of rotatable bonds is 5. The maximum atomic E-state index is 12.2. The minimum atomic E-state index is -0.0153. The number of aryl methyl sites for hydroxylation is 2. The van der Waals surface area contributed by atoms with Crippen LogP contribution in [0.25, 0.3) is 11.0 Å². The lowest BCUT2D eigenvalue weighted by atomic mass is 10.0. The second kappa shape index (κ2) is 5.82. The summed E-state index contributed by atoms with van der Waals surface area (Å²) in [7, 11) is 0. The highest BCUT2D eigenvalue weighted by molar-refractivity contribution is 5.88. The van der Waals surface area contributed by atoms with E-state index in [0.29, 0.717) is 18.9 Å². The van der Waals surface area contributed by atoms with E-state index in [-0.39, 0.29) is 5.91 Å². The van der Waals surface area contributed by atoms with Crippen molar-refractivity contribution in [2.24, 2.45) is 0 Å². The molecule has 4 rings (SSSR count). The Morgan fingerprint density at radius 1 is 1.29 bits per heavy atom. The molecule has 1 aromatic carbocycles. The molecule has 5 nitrogen and oxygen atoms in total. The van der Waals surface area contributed by atoms with E-state index in [1.165, 1.54) is 24.0 Å². The van der Waals surface area contributed by atoms with Gasteiger partial charge in [-0.1, -0.05) is 0 Å². The number of H-pyrrole nitrogens is 1. The average molecular weight is 323 g/mol. The molecule has 0 spiro atoms. The lowest BCUT2D eigenvalue weighted by Gasteiger charge is -2.03. The molecule has 0 bridgehead atoms. The Labute approximate surface area is 140 Å². The minimum absolute atomic E-state index is 0.0153. The van der Waals surface area contributed by atoms with Gasteiger partial charge in [0.1, 0.15) is 5.58 Å². The third-order valence-corrected chi connectivity index (χ3v) is 4.74. The third kappa shape index (κ3) is 2.94. The molecule has 2 aromatic heterocycles. The van der Waals surface area contributed by atoms with Gasteiger partial charge in [-0.15, -0.1) is 0 Å². The van der Waals surface area contributed by atoms with Crippen LogP contribution in [0.2, 0.25) is 0 Å². The molecule has 1 aliphatic rings. The Morgan fingerprint density at radius 3 is 2.88 bits per heavy atom. The summed E-state index contributed by atoms with van der Waals surface area (Å²) in [6, 6.07) is 6.17. The maximum absolute atomic E-state index is 12.2. The second-order valence-electron chi connectivity index (χ2n) is 6.74. The van der Waals surface area contributed by atoms with Crippen LogP contribution >= 0.6 is 0 Å². The molecule has 0 aliphatic heterocycles. The van der Waals surface area contributed by atoms with Crippen molar-refractivity contribution in [2.75, 3.05) is 0 Å². The maximum Gasteiger partial charge on any atom is 0.224 e. The van der Waals surface area contributed by atoms with Gasteiger partial charge in [0.05, 0.1) is 30.6 Å². The lowest BCUT2D eigenvalue weighted by molar-refractivity contribution is -0.120. The number of aromatic amines is 1. The fourth-order valence-corrected chi connectivity index (χ4v) is 2.96. The van der Waals surface area contributed by atoms with Gasteiger partial charge < -0.3 is 9.73 Å². The van der Waals surface area contributed by atoms with Crippen molar-refractivity contribution < 1.29 is 9.21 Å². The third-order valence-electron chi connectivity index (χ3n) is 4.74. The predicted octanol–water partition coefficient (Wildman–Crippen LogP) is 3.51. The van der Waals surface area contributed by atoms with E-state index in [4.69, 9.17) is 4.42 Å². The van der Waals surface area contributed by atoms with Crippen molar-refractivity contribution in [3.63, 3.8) is 0 Å². The summed E-state index contributed by atoms with van der Waals surface area (Å²) in [5.41, 5.74) is 6.23. The normalized spacial score (nSPS) is 14.2. The number of fused-ring (bicyclic) bond motifs is 1. The van der Waals surface area contributed by atoms with E-state index >= 15 is 0 Å². The topological polar surface area (TPSA) is 70.9 Å². The Hall–Kier alpha value is -2.56. The van der Waals surface area contributed by atoms with Crippen LogP contribution in [0.1, 0.15) is 46.8 Å². The Morgan fingerprint density at radius 2 is 2.08 bits per heavy atom. The number of carbonyl (C=O) groups is 1. The molecule has 124 valence electrons. The summed E-state index contributed by atoms with van der Waals surface area (Å²) >= 11 is 0. The highest BCUT2D eigenvalue weighted by atomic mass is 16.3. The number of hydrogen-bond acceptors (Lipinski definition) is 3. The van der Waals surface area contributed by atoms with Crippen molar-refractivity contribution in [3.8, 4) is 0 Å². The zero-order chi connectivity index (χ0) is 16.7. The van der Waals surface area contributed by atoms with E-state index in [2.05, 4.69) is 41.5 Å². The van der Waals surface area contributed by atoms with Crippen LogP contribution in [0.3, 0.4) is 0 Å². The molecule has 2 heterocycles. The fraction of sp³-hybridized carbons (Fsp3) is 0.368. The lowest BCUT2D eigenvalue weighted by Crippen LogP contribution is -2.24. The zero-order valence-electron chi connectivity index (χ0n) is 14.0. The molecule has 1 saturated carbocycles. The van der Waals surface area contributed by atoms with E-state index in [9.17, 15) is 4.79 Å². The molecule has 0 atom stereocenters. The standard InChI is InChI=1S/C19H21N3O2/c1-11-5-16-14(10-24-18(16)6-12(11)2)7-19(23)20-9-15-8-17(22-21-15)13-3-4-13/h5-6,8,10,13H,3-4,7,9H2,1-2H3,(H,20,23)(H,21,22). The molecule has 1 amide bonds. The number of amides is 1. The molecule has 0 unspecified atom stereocenters. The summed E-state index contributed by atoms with van der Waals surface area (Å²) in [5.74, 6) is 0.605. The van der Waals surface area contributed by atoms with Gasteiger partial charge in [0, 0.05) is 16.9 Å².